The fraction of sp³-hybridized carbons (Fsp3) is 0.750. The zero-order chi connectivity index (χ0) is 6.69. The SMILES string of the molecule is C#CCCC[C@@H]1C[C@H]1O. The second-order valence-corrected chi connectivity index (χ2v) is 2.66. The number of hydrogen-bond donors (Lipinski definition) is 1. The Morgan fingerprint density at radius 2 is 2.33 bits per heavy atom. The van der Waals surface area contributed by atoms with E-state index in [-0.39, 0.29) is 6.10 Å². The van der Waals surface area contributed by atoms with Gasteiger partial charge in [0.1, 0.15) is 0 Å². The molecule has 0 spiro atoms. The molecule has 0 radical (unpaired) electrons. The first-order chi connectivity index (χ1) is 4.34. The van der Waals surface area contributed by atoms with E-state index in [4.69, 9.17) is 11.5 Å². The molecule has 1 fully saturated rings. The van der Waals surface area contributed by atoms with Crippen molar-refractivity contribution >= 4 is 0 Å². The number of rotatable bonds is 3. The molecule has 0 heterocycles. The minimum atomic E-state index is 0.00257. The van der Waals surface area contributed by atoms with Gasteiger partial charge < -0.3 is 5.11 Å². The number of aliphatic hydroxyl groups is 1. The highest BCUT2D eigenvalue weighted by Gasteiger charge is 2.33. The van der Waals surface area contributed by atoms with E-state index in [1.54, 1.807) is 0 Å². The van der Waals surface area contributed by atoms with E-state index in [0.29, 0.717) is 5.92 Å². The van der Waals surface area contributed by atoms with Crippen molar-refractivity contribution in [1.29, 1.82) is 0 Å². The average molecular weight is 124 g/mol. The zero-order valence-corrected chi connectivity index (χ0v) is 5.51. The summed E-state index contributed by atoms with van der Waals surface area (Å²) in [6.07, 6.45) is 9.13. The maximum absolute atomic E-state index is 8.87. The normalized spacial score (nSPS) is 31.6. The van der Waals surface area contributed by atoms with Gasteiger partial charge in [0, 0.05) is 6.42 Å². The van der Waals surface area contributed by atoms with Crippen LogP contribution in [0.2, 0.25) is 0 Å². The van der Waals surface area contributed by atoms with Crippen LogP contribution in [-0.2, 0) is 0 Å². The average Bonchev–Trinajstić information content (AvgIpc) is 2.48. The van der Waals surface area contributed by atoms with E-state index < -0.39 is 0 Å². The van der Waals surface area contributed by atoms with Crippen LogP contribution in [0.25, 0.3) is 0 Å². The first-order valence-corrected chi connectivity index (χ1v) is 3.46. The monoisotopic (exact) mass is 124 g/mol. The Balaban J connectivity index is 1.90. The summed E-state index contributed by atoms with van der Waals surface area (Å²) in [7, 11) is 0. The Morgan fingerprint density at radius 3 is 2.78 bits per heavy atom. The van der Waals surface area contributed by atoms with Crippen molar-refractivity contribution in [2.75, 3.05) is 0 Å². The molecule has 0 saturated heterocycles. The first-order valence-electron chi connectivity index (χ1n) is 3.46. The highest BCUT2D eigenvalue weighted by atomic mass is 16.3. The van der Waals surface area contributed by atoms with E-state index in [1.165, 1.54) is 0 Å². The molecule has 0 aromatic carbocycles. The Morgan fingerprint density at radius 1 is 1.67 bits per heavy atom. The van der Waals surface area contributed by atoms with Crippen LogP contribution in [0.15, 0.2) is 0 Å². The third-order valence-corrected chi connectivity index (χ3v) is 1.78. The number of hydrogen-bond acceptors (Lipinski definition) is 1. The summed E-state index contributed by atoms with van der Waals surface area (Å²) >= 11 is 0. The molecule has 1 rings (SSSR count). The van der Waals surface area contributed by atoms with Gasteiger partial charge in [-0.2, -0.15) is 0 Å². The topological polar surface area (TPSA) is 20.2 Å². The van der Waals surface area contributed by atoms with Gasteiger partial charge in [-0.15, -0.1) is 12.3 Å². The third-order valence-electron chi connectivity index (χ3n) is 1.78. The molecule has 2 atom stereocenters. The number of aliphatic hydroxyl groups excluding tert-OH is 1. The molecule has 1 aliphatic carbocycles. The van der Waals surface area contributed by atoms with Crippen LogP contribution >= 0.6 is 0 Å². The second-order valence-electron chi connectivity index (χ2n) is 2.66. The smallest absolute Gasteiger partial charge is 0.0573 e. The van der Waals surface area contributed by atoms with Crippen LogP contribution in [-0.4, -0.2) is 11.2 Å². The molecule has 0 aromatic heterocycles. The summed E-state index contributed by atoms with van der Waals surface area (Å²) in [5.74, 6) is 3.17. The molecule has 9 heavy (non-hydrogen) atoms. The molecular weight excluding hydrogens is 112 g/mol. The predicted octanol–water partition coefficient (Wildman–Crippen LogP) is 1.17. The molecule has 0 unspecified atom stereocenters. The minimum Gasteiger partial charge on any atom is -0.393 e. The molecule has 0 bridgehead atoms. The maximum Gasteiger partial charge on any atom is 0.0573 e. The standard InChI is InChI=1S/C8H12O/c1-2-3-4-5-7-6-8(7)9/h1,7-9H,3-6H2/t7-,8-/m1/s1. The Bertz CT molecular complexity index is 123. The lowest BCUT2D eigenvalue weighted by atomic mass is 10.2. The van der Waals surface area contributed by atoms with Crippen molar-refractivity contribution in [2.45, 2.75) is 31.8 Å². The molecule has 1 nitrogen and oxygen atoms in total. The maximum atomic E-state index is 8.87. The van der Waals surface area contributed by atoms with E-state index in [0.717, 1.165) is 25.7 Å². The summed E-state index contributed by atoms with van der Waals surface area (Å²) in [5, 5.41) is 8.87. The fourth-order valence-corrected chi connectivity index (χ4v) is 1.01. The van der Waals surface area contributed by atoms with Gasteiger partial charge in [-0.3, -0.25) is 0 Å². The lowest BCUT2D eigenvalue weighted by Crippen LogP contribution is -1.84. The number of terminal acetylenes is 1. The van der Waals surface area contributed by atoms with Crippen molar-refractivity contribution in [3.05, 3.63) is 0 Å². The quantitative estimate of drug-likeness (QED) is 0.442. The molecule has 1 N–H and O–H groups in total. The van der Waals surface area contributed by atoms with Crippen LogP contribution < -0.4 is 0 Å². The van der Waals surface area contributed by atoms with Gasteiger partial charge in [0.05, 0.1) is 6.10 Å². The van der Waals surface area contributed by atoms with Gasteiger partial charge in [0.2, 0.25) is 0 Å². The highest BCUT2D eigenvalue weighted by molar-refractivity contribution is 4.88. The van der Waals surface area contributed by atoms with Gasteiger partial charge in [-0.05, 0) is 25.2 Å². The third kappa shape index (κ3) is 2.07. The summed E-state index contributed by atoms with van der Waals surface area (Å²) in [5.41, 5.74) is 0. The fourth-order valence-electron chi connectivity index (χ4n) is 1.01. The molecule has 1 saturated carbocycles. The Hall–Kier alpha value is -0.480. The summed E-state index contributed by atoms with van der Waals surface area (Å²) in [6.45, 7) is 0. The Labute approximate surface area is 56.1 Å². The molecule has 0 aromatic rings. The lowest BCUT2D eigenvalue weighted by molar-refractivity contribution is 0.256. The van der Waals surface area contributed by atoms with Crippen molar-refractivity contribution in [3.8, 4) is 12.3 Å². The van der Waals surface area contributed by atoms with Crippen LogP contribution in [0, 0.1) is 18.3 Å². The van der Waals surface area contributed by atoms with E-state index in [1.807, 2.05) is 0 Å². The Kier molecular flexibility index (Phi) is 2.13. The first kappa shape index (κ1) is 6.64. The molecule has 1 aliphatic rings. The second kappa shape index (κ2) is 2.89. The van der Waals surface area contributed by atoms with Gasteiger partial charge in [0.15, 0.2) is 0 Å². The minimum absolute atomic E-state index is 0.00257. The summed E-state index contributed by atoms with van der Waals surface area (Å²) in [6, 6.07) is 0. The van der Waals surface area contributed by atoms with Crippen molar-refractivity contribution in [2.24, 2.45) is 5.92 Å². The summed E-state index contributed by atoms with van der Waals surface area (Å²) in [4.78, 5) is 0. The molecule has 0 aliphatic heterocycles. The highest BCUT2D eigenvalue weighted by Crippen LogP contribution is 2.34. The van der Waals surface area contributed by atoms with Crippen LogP contribution in [0.4, 0.5) is 0 Å². The molecule has 0 amide bonds. The van der Waals surface area contributed by atoms with E-state index in [2.05, 4.69) is 5.92 Å². The predicted molar refractivity (Wildman–Crippen MR) is 36.8 cm³/mol. The van der Waals surface area contributed by atoms with Crippen molar-refractivity contribution < 1.29 is 5.11 Å². The largest absolute Gasteiger partial charge is 0.393 e. The van der Waals surface area contributed by atoms with E-state index in [9.17, 15) is 0 Å². The molecule has 1 heteroatoms. The summed E-state index contributed by atoms with van der Waals surface area (Å²) < 4.78 is 0. The number of unbranched alkanes of at least 4 members (excludes halogenated alkanes) is 1. The lowest BCUT2D eigenvalue weighted by Gasteiger charge is -1.90. The van der Waals surface area contributed by atoms with Crippen molar-refractivity contribution in [3.63, 3.8) is 0 Å². The zero-order valence-electron chi connectivity index (χ0n) is 5.51. The van der Waals surface area contributed by atoms with Crippen LogP contribution in [0.3, 0.4) is 0 Å². The van der Waals surface area contributed by atoms with E-state index >= 15 is 0 Å². The van der Waals surface area contributed by atoms with Crippen molar-refractivity contribution in [1.82, 2.24) is 0 Å². The van der Waals surface area contributed by atoms with Gasteiger partial charge in [-0.1, -0.05) is 0 Å². The molecule has 50 valence electrons. The van der Waals surface area contributed by atoms with Crippen LogP contribution in [0.5, 0.6) is 0 Å². The van der Waals surface area contributed by atoms with Gasteiger partial charge >= 0.3 is 0 Å². The van der Waals surface area contributed by atoms with Gasteiger partial charge in [0.25, 0.3) is 0 Å². The molecular formula is C8H12O. The van der Waals surface area contributed by atoms with Crippen LogP contribution in [0.1, 0.15) is 25.7 Å². The van der Waals surface area contributed by atoms with Gasteiger partial charge in [-0.25, -0.2) is 0 Å².